The van der Waals surface area contributed by atoms with Gasteiger partial charge in [0, 0.05) is 25.3 Å². The van der Waals surface area contributed by atoms with E-state index in [0.29, 0.717) is 11.6 Å². The maximum atomic E-state index is 8.81. The number of pyridine rings is 1. The summed E-state index contributed by atoms with van der Waals surface area (Å²) >= 11 is 0. The van der Waals surface area contributed by atoms with Gasteiger partial charge in [-0.3, -0.25) is 0 Å². The van der Waals surface area contributed by atoms with Gasteiger partial charge in [0.05, 0.1) is 5.56 Å². The molecule has 2 aliphatic heterocycles. The Morgan fingerprint density at radius 2 is 2.26 bits per heavy atom. The van der Waals surface area contributed by atoms with Crippen molar-refractivity contribution < 1.29 is 0 Å². The summed E-state index contributed by atoms with van der Waals surface area (Å²) in [7, 11) is 0. The van der Waals surface area contributed by atoms with E-state index in [4.69, 9.17) is 5.26 Å². The van der Waals surface area contributed by atoms with Crippen molar-refractivity contribution in [3.05, 3.63) is 23.9 Å². The van der Waals surface area contributed by atoms with Crippen molar-refractivity contribution in [2.75, 3.05) is 24.5 Å². The quantitative estimate of drug-likeness (QED) is 0.878. The van der Waals surface area contributed by atoms with Gasteiger partial charge >= 0.3 is 0 Å². The van der Waals surface area contributed by atoms with Gasteiger partial charge in [0.25, 0.3) is 0 Å². The molecule has 0 spiro atoms. The molecule has 1 aromatic heterocycles. The van der Waals surface area contributed by atoms with Crippen LogP contribution in [0, 0.1) is 17.2 Å². The second kappa shape index (κ2) is 5.58. The number of hydrogen-bond donors (Lipinski definition) is 1. The highest BCUT2D eigenvalue weighted by molar-refractivity contribution is 5.42. The maximum absolute atomic E-state index is 8.81. The number of anilines is 1. The lowest BCUT2D eigenvalue weighted by atomic mass is 9.90. The molecular weight excluding hydrogens is 236 g/mol. The number of rotatable bonds is 2. The zero-order chi connectivity index (χ0) is 13.1. The summed E-state index contributed by atoms with van der Waals surface area (Å²) < 4.78 is 0. The van der Waals surface area contributed by atoms with Gasteiger partial charge in [-0.05, 0) is 50.3 Å². The molecule has 0 aliphatic carbocycles. The highest BCUT2D eigenvalue weighted by atomic mass is 15.2. The Labute approximate surface area is 114 Å². The molecule has 2 fully saturated rings. The van der Waals surface area contributed by atoms with Gasteiger partial charge in [-0.25, -0.2) is 4.98 Å². The van der Waals surface area contributed by atoms with Crippen molar-refractivity contribution >= 4 is 5.82 Å². The number of piperidine rings is 1. The molecule has 1 aromatic rings. The van der Waals surface area contributed by atoms with E-state index >= 15 is 0 Å². The van der Waals surface area contributed by atoms with Crippen LogP contribution in [0.3, 0.4) is 0 Å². The lowest BCUT2D eigenvalue weighted by Gasteiger charge is -2.36. The smallest absolute Gasteiger partial charge is 0.128 e. The average Bonchev–Trinajstić information content (AvgIpc) is 3.02. The Morgan fingerprint density at radius 1 is 1.32 bits per heavy atom. The topological polar surface area (TPSA) is 52.0 Å². The molecule has 0 radical (unpaired) electrons. The van der Waals surface area contributed by atoms with E-state index in [9.17, 15) is 0 Å². The molecule has 19 heavy (non-hydrogen) atoms. The molecule has 0 bridgehead atoms. The summed E-state index contributed by atoms with van der Waals surface area (Å²) in [5, 5.41) is 12.4. The first-order valence-corrected chi connectivity index (χ1v) is 7.21. The molecule has 0 aromatic carbocycles. The molecule has 2 unspecified atom stereocenters. The molecule has 0 amide bonds. The molecule has 2 atom stereocenters. The van der Waals surface area contributed by atoms with Crippen LogP contribution in [0.5, 0.6) is 0 Å². The predicted molar refractivity (Wildman–Crippen MR) is 74.9 cm³/mol. The molecule has 3 heterocycles. The SMILES string of the molecule is N#Cc1ccc(N2CCCC(C3CCCN3)C2)nc1. The van der Waals surface area contributed by atoms with E-state index in [1.165, 1.54) is 32.2 Å². The maximum Gasteiger partial charge on any atom is 0.128 e. The Morgan fingerprint density at radius 3 is 2.95 bits per heavy atom. The Bertz CT molecular complexity index is 456. The minimum absolute atomic E-state index is 0.634. The Hall–Kier alpha value is -1.60. The average molecular weight is 256 g/mol. The molecule has 0 saturated carbocycles. The number of nitriles is 1. The third kappa shape index (κ3) is 2.71. The van der Waals surface area contributed by atoms with Crippen molar-refractivity contribution in [2.24, 2.45) is 5.92 Å². The zero-order valence-electron chi connectivity index (χ0n) is 11.2. The standard InChI is InChI=1S/C15H20N4/c16-9-12-5-6-15(18-10-12)19-8-2-3-13(11-19)14-4-1-7-17-14/h5-6,10,13-14,17H,1-4,7-8,11H2. The summed E-state index contributed by atoms with van der Waals surface area (Å²) in [6.07, 6.45) is 6.87. The van der Waals surface area contributed by atoms with Crippen molar-refractivity contribution in [3.8, 4) is 6.07 Å². The van der Waals surface area contributed by atoms with Crippen LogP contribution in [0.15, 0.2) is 18.3 Å². The van der Waals surface area contributed by atoms with Crippen LogP contribution >= 0.6 is 0 Å². The Balaban J connectivity index is 1.68. The van der Waals surface area contributed by atoms with Gasteiger partial charge < -0.3 is 10.2 Å². The van der Waals surface area contributed by atoms with Gasteiger partial charge in [-0.1, -0.05) is 0 Å². The third-order valence-corrected chi connectivity index (χ3v) is 4.33. The summed E-state index contributed by atoms with van der Waals surface area (Å²) in [4.78, 5) is 6.79. The van der Waals surface area contributed by atoms with Gasteiger partial charge in [0.2, 0.25) is 0 Å². The highest BCUT2D eigenvalue weighted by Gasteiger charge is 2.29. The lowest BCUT2D eigenvalue weighted by Crippen LogP contribution is -2.43. The largest absolute Gasteiger partial charge is 0.356 e. The molecule has 1 N–H and O–H groups in total. The number of nitrogens with zero attached hydrogens (tertiary/aromatic N) is 3. The second-order valence-electron chi connectivity index (χ2n) is 5.57. The minimum atomic E-state index is 0.634. The molecule has 2 aliphatic rings. The predicted octanol–water partition coefficient (Wildman–Crippen LogP) is 1.92. The summed E-state index contributed by atoms with van der Waals surface area (Å²) in [5.41, 5.74) is 0.634. The van der Waals surface area contributed by atoms with Crippen LogP contribution in [-0.4, -0.2) is 30.7 Å². The molecular formula is C15H20N4. The van der Waals surface area contributed by atoms with Crippen molar-refractivity contribution in [1.82, 2.24) is 10.3 Å². The second-order valence-corrected chi connectivity index (χ2v) is 5.57. The van der Waals surface area contributed by atoms with E-state index in [-0.39, 0.29) is 0 Å². The van der Waals surface area contributed by atoms with Gasteiger partial charge in [0.15, 0.2) is 0 Å². The highest BCUT2D eigenvalue weighted by Crippen LogP contribution is 2.27. The Kier molecular flexibility index (Phi) is 3.65. The summed E-state index contributed by atoms with van der Waals surface area (Å²) in [6.45, 7) is 3.36. The van der Waals surface area contributed by atoms with E-state index in [2.05, 4.69) is 21.3 Å². The molecule has 3 rings (SSSR count). The van der Waals surface area contributed by atoms with Crippen LogP contribution in [0.1, 0.15) is 31.2 Å². The van der Waals surface area contributed by atoms with Crippen LogP contribution in [0.4, 0.5) is 5.82 Å². The van der Waals surface area contributed by atoms with E-state index < -0.39 is 0 Å². The first kappa shape index (κ1) is 12.4. The fourth-order valence-electron chi connectivity index (χ4n) is 3.30. The third-order valence-electron chi connectivity index (χ3n) is 4.33. The van der Waals surface area contributed by atoms with E-state index in [1.54, 1.807) is 6.20 Å². The van der Waals surface area contributed by atoms with Gasteiger partial charge in [-0.15, -0.1) is 0 Å². The van der Waals surface area contributed by atoms with Gasteiger partial charge in [0.1, 0.15) is 11.9 Å². The molecule has 4 heteroatoms. The lowest BCUT2D eigenvalue weighted by molar-refractivity contribution is 0.328. The number of hydrogen-bond acceptors (Lipinski definition) is 4. The van der Waals surface area contributed by atoms with Gasteiger partial charge in [-0.2, -0.15) is 5.26 Å². The monoisotopic (exact) mass is 256 g/mol. The summed E-state index contributed by atoms with van der Waals surface area (Å²) in [5.74, 6) is 1.76. The minimum Gasteiger partial charge on any atom is -0.356 e. The normalized spacial score (nSPS) is 27.2. The molecule has 100 valence electrons. The first-order valence-electron chi connectivity index (χ1n) is 7.21. The summed E-state index contributed by atoms with van der Waals surface area (Å²) in [6, 6.07) is 6.65. The first-order chi connectivity index (χ1) is 9.36. The van der Waals surface area contributed by atoms with E-state index in [1.807, 2.05) is 12.1 Å². The molecule has 2 saturated heterocycles. The fourth-order valence-corrected chi connectivity index (χ4v) is 3.30. The van der Waals surface area contributed by atoms with Crippen LogP contribution in [0.2, 0.25) is 0 Å². The molecule has 4 nitrogen and oxygen atoms in total. The van der Waals surface area contributed by atoms with E-state index in [0.717, 1.165) is 24.8 Å². The van der Waals surface area contributed by atoms with Crippen LogP contribution < -0.4 is 10.2 Å². The van der Waals surface area contributed by atoms with Crippen molar-refractivity contribution in [3.63, 3.8) is 0 Å². The van der Waals surface area contributed by atoms with Crippen LogP contribution in [0.25, 0.3) is 0 Å². The van der Waals surface area contributed by atoms with Crippen LogP contribution in [-0.2, 0) is 0 Å². The fraction of sp³-hybridized carbons (Fsp3) is 0.600. The van der Waals surface area contributed by atoms with Crippen molar-refractivity contribution in [2.45, 2.75) is 31.7 Å². The number of nitrogens with one attached hydrogen (secondary N) is 1. The van der Waals surface area contributed by atoms with Crippen molar-refractivity contribution in [1.29, 1.82) is 5.26 Å². The zero-order valence-corrected chi connectivity index (χ0v) is 11.2. The number of aromatic nitrogens is 1.